The van der Waals surface area contributed by atoms with E-state index in [9.17, 15) is 4.39 Å². The molecule has 1 aliphatic heterocycles. The van der Waals surface area contributed by atoms with Crippen LogP contribution in [-0.2, 0) is 11.8 Å². The number of benzene rings is 2. The van der Waals surface area contributed by atoms with Crippen molar-refractivity contribution in [2.75, 3.05) is 33.4 Å². The smallest absolute Gasteiger partial charge is 0.137 e. The number of thiophene rings is 1. The van der Waals surface area contributed by atoms with E-state index in [4.69, 9.17) is 14.5 Å². The Morgan fingerprint density at radius 1 is 1.15 bits per heavy atom. The molecule has 6 rings (SSSR count). The number of aryl methyl sites for hydroxylation is 1. The summed E-state index contributed by atoms with van der Waals surface area (Å²) in [4.78, 5) is 5.06. The molecule has 0 amide bonds. The van der Waals surface area contributed by atoms with Crippen LogP contribution in [0.5, 0.6) is 5.75 Å². The fourth-order valence-corrected chi connectivity index (χ4v) is 6.11. The quantitative estimate of drug-likeness (QED) is 0.200. The van der Waals surface area contributed by atoms with Crippen molar-refractivity contribution in [3.8, 4) is 40.0 Å². The molecular weight excluding hydrogens is 530 g/mol. The molecule has 0 aliphatic carbocycles. The third kappa shape index (κ3) is 5.06. The van der Waals surface area contributed by atoms with E-state index in [1.165, 1.54) is 17.4 Å². The number of aromatic nitrogens is 3. The third-order valence-corrected chi connectivity index (χ3v) is 8.06. The molecule has 3 aromatic heterocycles. The Balaban J connectivity index is 1.59. The highest BCUT2D eigenvalue weighted by Crippen LogP contribution is 2.44. The summed E-state index contributed by atoms with van der Waals surface area (Å²) in [7, 11) is 3.45. The number of piperidine rings is 1. The topological polar surface area (TPSA) is 61.2 Å². The zero-order chi connectivity index (χ0) is 27.6. The van der Waals surface area contributed by atoms with Crippen LogP contribution in [0.15, 0.2) is 48.0 Å². The molecule has 6 nitrogen and oxygen atoms in total. The first-order valence-electron chi connectivity index (χ1n) is 13.2. The van der Waals surface area contributed by atoms with Gasteiger partial charge in [-0.15, -0.1) is 11.3 Å². The molecule has 5 aromatic rings. The largest absolute Gasteiger partial charge is 0.490 e. The van der Waals surface area contributed by atoms with Crippen LogP contribution in [0.1, 0.15) is 18.5 Å². The number of rotatable bonds is 6. The molecule has 4 heterocycles. The normalized spacial score (nSPS) is 15.3. The predicted octanol–water partition coefficient (Wildman–Crippen LogP) is 6.17. The van der Waals surface area contributed by atoms with E-state index in [1.807, 2.05) is 41.5 Å². The molecule has 9 heteroatoms. The first kappa shape index (κ1) is 26.4. The van der Waals surface area contributed by atoms with Crippen molar-refractivity contribution in [3.05, 3.63) is 65.3 Å². The molecule has 1 atom stereocenters. The van der Waals surface area contributed by atoms with Crippen LogP contribution in [-0.4, -0.2) is 48.2 Å². The van der Waals surface area contributed by atoms with E-state index in [1.54, 1.807) is 7.11 Å². The minimum atomic E-state index is -0.726. The van der Waals surface area contributed by atoms with E-state index in [-0.39, 0.29) is 30.4 Å². The maximum atomic E-state index is 15.7. The summed E-state index contributed by atoms with van der Waals surface area (Å²) < 4.78 is 43.6. The number of methoxy groups -OCH3 is 1. The van der Waals surface area contributed by atoms with Gasteiger partial charge in [-0.05, 0) is 48.9 Å². The molecular formula is C31H28F2N4O2S. The number of nitrogens with one attached hydrogen (secondary N) is 1. The Labute approximate surface area is 234 Å². The monoisotopic (exact) mass is 558 g/mol. The standard InChI is InChI=1S/C31H28F2N4O2S/c1-37-26-8-6-20(14-21(26)18-35-37)30-23-9-13-40-31(23)29(25(36-30)7-5-19-4-3-10-34-17-19)28-24(33)15-22(32)16-27(28)39-12-11-38-2/h6,8-9,13-16,18-19,34H,3-4,10-12,17H2,1-2H3. The summed E-state index contributed by atoms with van der Waals surface area (Å²) in [6.45, 7) is 2.20. The van der Waals surface area contributed by atoms with Gasteiger partial charge in [-0.1, -0.05) is 12.0 Å². The van der Waals surface area contributed by atoms with Crippen molar-refractivity contribution in [3.63, 3.8) is 0 Å². The second-order valence-electron chi connectivity index (χ2n) is 9.80. The summed E-state index contributed by atoms with van der Waals surface area (Å²) in [6, 6.07) is 10.2. The van der Waals surface area contributed by atoms with Crippen molar-refractivity contribution >= 4 is 32.3 Å². The molecule has 1 aliphatic rings. The van der Waals surface area contributed by atoms with Gasteiger partial charge >= 0.3 is 0 Å². The number of hydrogen-bond donors (Lipinski definition) is 1. The molecule has 2 aromatic carbocycles. The van der Waals surface area contributed by atoms with Crippen LogP contribution in [0.25, 0.3) is 43.4 Å². The summed E-state index contributed by atoms with van der Waals surface area (Å²) in [5, 5.41) is 11.6. The zero-order valence-electron chi connectivity index (χ0n) is 22.3. The molecule has 40 heavy (non-hydrogen) atoms. The molecule has 0 radical (unpaired) electrons. The molecule has 204 valence electrons. The summed E-state index contributed by atoms with van der Waals surface area (Å²) in [6.07, 6.45) is 3.85. The van der Waals surface area contributed by atoms with Crippen LogP contribution in [0.4, 0.5) is 8.78 Å². The van der Waals surface area contributed by atoms with E-state index in [2.05, 4.69) is 28.3 Å². The summed E-state index contributed by atoms with van der Waals surface area (Å²) in [5.41, 5.74) is 3.77. The van der Waals surface area contributed by atoms with Crippen LogP contribution in [0, 0.1) is 29.4 Å². The number of ether oxygens (including phenoxy) is 2. The average Bonchev–Trinajstić information content (AvgIpc) is 3.59. The van der Waals surface area contributed by atoms with Crippen LogP contribution < -0.4 is 10.1 Å². The van der Waals surface area contributed by atoms with E-state index in [0.717, 1.165) is 64.2 Å². The van der Waals surface area contributed by atoms with Gasteiger partial charge in [0.25, 0.3) is 0 Å². The second kappa shape index (κ2) is 11.3. The van der Waals surface area contributed by atoms with Gasteiger partial charge in [-0.3, -0.25) is 4.68 Å². The lowest BCUT2D eigenvalue weighted by molar-refractivity contribution is 0.146. The predicted molar refractivity (Wildman–Crippen MR) is 155 cm³/mol. The number of nitrogens with zero attached hydrogens (tertiary/aromatic N) is 3. The molecule has 0 bridgehead atoms. The van der Waals surface area contributed by atoms with Gasteiger partial charge in [0.15, 0.2) is 0 Å². The molecule has 1 saturated heterocycles. The van der Waals surface area contributed by atoms with Crippen LogP contribution in [0.2, 0.25) is 0 Å². The van der Waals surface area contributed by atoms with Gasteiger partial charge in [-0.2, -0.15) is 5.10 Å². The Morgan fingerprint density at radius 2 is 2.05 bits per heavy atom. The third-order valence-electron chi connectivity index (χ3n) is 7.13. The highest BCUT2D eigenvalue weighted by atomic mass is 32.1. The second-order valence-corrected chi connectivity index (χ2v) is 10.7. The highest BCUT2D eigenvalue weighted by molar-refractivity contribution is 7.17. The SMILES string of the molecule is COCCOc1cc(F)cc(F)c1-c1c(C#CC2CCCNC2)nc(-c2ccc3c(cnn3C)c2)c2ccsc12. The maximum absolute atomic E-state index is 15.7. The highest BCUT2D eigenvalue weighted by Gasteiger charge is 2.24. The van der Waals surface area contributed by atoms with Crippen molar-refractivity contribution in [1.82, 2.24) is 20.1 Å². The van der Waals surface area contributed by atoms with Crippen molar-refractivity contribution in [2.45, 2.75) is 12.8 Å². The lowest BCUT2D eigenvalue weighted by atomic mass is 9.96. The zero-order valence-corrected chi connectivity index (χ0v) is 23.1. The molecule has 1 N–H and O–H groups in total. The minimum absolute atomic E-state index is 0.0953. The summed E-state index contributed by atoms with van der Waals surface area (Å²) in [5.74, 6) is 5.49. The maximum Gasteiger partial charge on any atom is 0.137 e. The van der Waals surface area contributed by atoms with Crippen LogP contribution >= 0.6 is 11.3 Å². The van der Waals surface area contributed by atoms with Gasteiger partial charge in [0.05, 0.1) is 29.6 Å². The van der Waals surface area contributed by atoms with Gasteiger partial charge in [0.1, 0.15) is 29.7 Å². The lowest BCUT2D eigenvalue weighted by Crippen LogP contribution is -2.28. The Bertz CT molecular complexity index is 1760. The average molecular weight is 559 g/mol. The fraction of sp³-hybridized carbons (Fsp3) is 0.290. The molecule has 0 saturated carbocycles. The van der Waals surface area contributed by atoms with E-state index >= 15 is 4.39 Å². The first-order valence-corrected chi connectivity index (χ1v) is 14.1. The van der Waals surface area contributed by atoms with Crippen molar-refractivity contribution in [1.29, 1.82) is 0 Å². The number of hydrogen-bond acceptors (Lipinski definition) is 6. The van der Waals surface area contributed by atoms with Gasteiger partial charge in [0, 0.05) is 65.4 Å². The van der Waals surface area contributed by atoms with E-state index in [0.29, 0.717) is 11.3 Å². The first-order chi connectivity index (χ1) is 19.5. The van der Waals surface area contributed by atoms with Gasteiger partial charge in [-0.25, -0.2) is 13.8 Å². The van der Waals surface area contributed by atoms with Crippen molar-refractivity contribution in [2.24, 2.45) is 13.0 Å². The van der Waals surface area contributed by atoms with Gasteiger partial charge < -0.3 is 14.8 Å². The van der Waals surface area contributed by atoms with Gasteiger partial charge in [0.2, 0.25) is 0 Å². The molecule has 1 unspecified atom stereocenters. The van der Waals surface area contributed by atoms with Crippen molar-refractivity contribution < 1.29 is 18.3 Å². The number of halogens is 2. The van der Waals surface area contributed by atoms with Crippen LogP contribution in [0.3, 0.4) is 0 Å². The Hall–Kier alpha value is -3.84. The lowest BCUT2D eigenvalue weighted by Gasteiger charge is -2.18. The van der Waals surface area contributed by atoms with E-state index < -0.39 is 11.6 Å². The number of pyridine rings is 1. The molecule has 0 spiro atoms. The fourth-order valence-electron chi connectivity index (χ4n) is 5.17. The number of fused-ring (bicyclic) bond motifs is 2. The Morgan fingerprint density at radius 3 is 2.88 bits per heavy atom. The Kier molecular flexibility index (Phi) is 7.48. The minimum Gasteiger partial charge on any atom is -0.490 e. The molecule has 1 fully saturated rings. The summed E-state index contributed by atoms with van der Waals surface area (Å²) >= 11 is 1.47.